The summed E-state index contributed by atoms with van der Waals surface area (Å²) in [5, 5.41) is 7.32. The van der Waals surface area contributed by atoms with Crippen molar-refractivity contribution >= 4 is 6.08 Å². The van der Waals surface area contributed by atoms with Gasteiger partial charge in [-0.05, 0) is 25.1 Å². The van der Waals surface area contributed by atoms with Gasteiger partial charge in [0.2, 0.25) is 0 Å². The third-order valence-corrected chi connectivity index (χ3v) is 2.31. The monoisotopic (exact) mass is 193 g/mol. The lowest BCUT2D eigenvalue weighted by atomic mass is 10.0. The Balaban J connectivity index is 2.87. The molecule has 1 heterocycles. The SMILES string of the molecule is CNCC(=Cc1ccnn1C)C(C)C. The fourth-order valence-electron chi connectivity index (χ4n) is 1.34. The summed E-state index contributed by atoms with van der Waals surface area (Å²) < 4.78 is 1.89. The Kier molecular flexibility index (Phi) is 3.89. The van der Waals surface area contributed by atoms with Crippen LogP contribution in [0, 0.1) is 5.92 Å². The Bertz CT molecular complexity index is 310. The van der Waals surface area contributed by atoms with Crippen LogP contribution in [0.5, 0.6) is 0 Å². The molecule has 0 aliphatic rings. The zero-order valence-electron chi connectivity index (χ0n) is 9.41. The van der Waals surface area contributed by atoms with E-state index in [-0.39, 0.29) is 0 Å². The molecule has 0 atom stereocenters. The van der Waals surface area contributed by atoms with Crippen molar-refractivity contribution in [3.05, 3.63) is 23.5 Å². The van der Waals surface area contributed by atoms with Crippen molar-refractivity contribution in [2.45, 2.75) is 13.8 Å². The summed E-state index contributed by atoms with van der Waals surface area (Å²) in [7, 11) is 3.93. The number of aryl methyl sites for hydroxylation is 1. The van der Waals surface area contributed by atoms with Crippen LogP contribution < -0.4 is 5.32 Å². The molecule has 0 fully saturated rings. The van der Waals surface area contributed by atoms with Crippen LogP contribution in [0.3, 0.4) is 0 Å². The summed E-state index contributed by atoms with van der Waals surface area (Å²) in [5.41, 5.74) is 2.56. The lowest BCUT2D eigenvalue weighted by molar-refractivity contribution is 0.708. The molecule has 0 unspecified atom stereocenters. The maximum Gasteiger partial charge on any atom is 0.0606 e. The van der Waals surface area contributed by atoms with Gasteiger partial charge in [-0.15, -0.1) is 0 Å². The number of aromatic nitrogens is 2. The number of hydrogen-bond donors (Lipinski definition) is 1. The Hall–Kier alpha value is -1.09. The van der Waals surface area contributed by atoms with E-state index in [9.17, 15) is 0 Å². The second-order valence-electron chi connectivity index (χ2n) is 3.78. The van der Waals surface area contributed by atoms with Crippen LogP contribution >= 0.6 is 0 Å². The normalized spacial score (nSPS) is 12.5. The van der Waals surface area contributed by atoms with E-state index in [1.165, 1.54) is 5.57 Å². The summed E-state index contributed by atoms with van der Waals surface area (Å²) in [6.45, 7) is 5.35. The van der Waals surface area contributed by atoms with Gasteiger partial charge in [0.1, 0.15) is 0 Å². The van der Waals surface area contributed by atoms with E-state index in [4.69, 9.17) is 0 Å². The van der Waals surface area contributed by atoms with E-state index < -0.39 is 0 Å². The number of nitrogens with one attached hydrogen (secondary N) is 1. The molecule has 0 spiro atoms. The van der Waals surface area contributed by atoms with Crippen LogP contribution in [-0.2, 0) is 7.05 Å². The third-order valence-electron chi connectivity index (χ3n) is 2.31. The second kappa shape index (κ2) is 4.96. The van der Waals surface area contributed by atoms with Gasteiger partial charge >= 0.3 is 0 Å². The average molecular weight is 193 g/mol. The molecule has 0 aliphatic heterocycles. The smallest absolute Gasteiger partial charge is 0.0606 e. The van der Waals surface area contributed by atoms with Gasteiger partial charge in [-0.2, -0.15) is 5.10 Å². The van der Waals surface area contributed by atoms with E-state index in [2.05, 4.69) is 30.3 Å². The molecule has 1 aromatic rings. The lowest BCUT2D eigenvalue weighted by Crippen LogP contribution is -2.14. The predicted octanol–water partition coefficient (Wildman–Crippen LogP) is 1.68. The highest BCUT2D eigenvalue weighted by atomic mass is 15.2. The zero-order valence-corrected chi connectivity index (χ0v) is 9.41. The molecule has 78 valence electrons. The highest BCUT2D eigenvalue weighted by Crippen LogP contribution is 2.13. The van der Waals surface area contributed by atoms with Gasteiger partial charge in [-0.1, -0.05) is 19.4 Å². The largest absolute Gasteiger partial charge is 0.316 e. The minimum absolute atomic E-state index is 0.567. The van der Waals surface area contributed by atoms with Crippen molar-refractivity contribution in [2.24, 2.45) is 13.0 Å². The quantitative estimate of drug-likeness (QED) is 0.788. The third kappa shape index (κ3) is 2.70. The molecule has 0 aliphatic carbocycles. The summed E-state index contributed by atoms with van der Waals surface area (Å²) in [6, 6.07) is 2.03. The first-order valence-electron chi connectivity index (χ1n) is 4.98. The second-order valence-corrected chi connectivity index (χ2v) is 3.78. The molecule has 0 amide bonds. The Labute approximate surface area is 85.8 Å². The van der Waals surface area contributed by atoms with Crippen LogP contribution in [0.25, 0.3) is 6.08 Å². The molecule has 3 heteroatoms. The number of likely N-dealkylation sites (N-methyl/N-ethyl adjacent to an activating group) is 1. The minimum Gasteiger partial charge on any atom is -0.316 e. The van der Waals surface area contributed by atoms with Crippen LogP contribution in [-0.4, -0.2) is 23.4 Å². The maximum absolute atomic E-state index is 4.14. The van der Waals surface area contributed by atoms with Crippen LogP contribution in [0.2, 0.25) is 0 Å². The van der Waals surface area contributed by atoms with E-state index in [1.807, 2.05) is 31.0 Å². The fraction of sp³-hybridized carbons (Fsp3) is 0.545. The minimum atomic E-state index is 0.567. The van der Waals surface area contributed by atoms with Crippen LogP contribution in [0.15, 0.2) is 17.8 Å². The molecule has 3 nitrogen and oxygen atoms in total. The summed E-state index contributed by atoms with van der Waals surface area (Å²) in [6.07, 6.45) is 4.03. The van der Waals surface area contributed by atoms with Gasteiger partial charge in [0.05, 0.1) is 5.69 Å². The maximum atomic E-state index is 4.14. The van der Waals surface area contributed by atoms with Crippen molar-refractivity contribution in [3.63, 3.8) is 0 Å². The van der Waals surface area contributed by atoms with Gasteiger partial charge in [-0.3, -0.25) is 4.68 Å². The molecule has 0 radical (unpaired) electrons. The molecule has 1 rings (SSSR count). The van der Waals surface area contributed by atoms with Gasteiger partial charge in [0.15, 0.2) is 0 Å². The molecule has 0 saturated carbocycles. The first kappa shape index (κ1) is 11.0. The van der Waals surface area contributed by atoms with E-state index in [1.54, 1.807) is 0 Å². The van der Waals surface area contributed by atoms with Gasteiger partial charge < -0.3 is 5.32 Å². The highest BCUT2D eigenvalue weighted by molar-refractivity contribution is 5.49. The standard InChI is InChI=1S/C11H19N3/c1-9(2)10(8-12-3)7-11-5-6-13-14(11)4/h5-7,9,12H,8H2,1-4H3. The highest BCUT2D eigenvalue weighted by Gasteiger charge is 2.03. The topological polar surface area (TPSA) is 29.9 Å². The number of rotatable bonds is 4. The molecule has 0 saturated heterocycles. The van der Waals surface area contributed by atoms with Crippen LogP contribution in [0.4, 0.5) is 0 Å². The lowest BCUT2D eigenvalue weighted by Gasteiger charge is -2.10. The Morgan fingerprint density at radius 2 is 2.36 bits per heavy atom. The Morgan fingerprint density at radius 1 is 1.64 bits per heavy atom. The Morgan fingerprint density at radius 3 is 2.79 bits per heavy atom. The molecule has 1 aromatic heterocycles. The summed E-state index contributed by atoms with van der Waals surface area (Å²) in [5.74, 6) is 0.567. The summed E-state index contributed by atoms with van der Waals surface area (Å²) in [4.78, 5) is 0. The first-order chi connectivity index (χ1) is 6.65. The van der Waals surface area contributed by atoms with Crippen LogP contribution in [0.1, 0.15) is 19.5 Å². The van der Waals surface area contributed by atoms with Gasteiger partial charge in [0.25, 0.3) is 0 Å². The van der Waals surface area contributed by atoms with Crippen molar-refractivity contribution in [1.82, 2.24) is 15.1 Å². The average Bonchev–Trinajstić information content (AvgIpc) is 2.51. The van der Waals surface area contributed by atoms with Crippen molar-refractivity contribution in [2.75, 3.05) is 13.6 Å². The van der Waals surface area contributed by atoms with E-state index in [0.29, 0.717) is 5.92 Å². The summed E-state index contributed by atoms with van der Waals surface area (Å²) >= 11 is 0. The molecule has 14 heavy (non-hydrogen) atoms. The molecule has 0 aromatic carbocycles. The number of nitrogens with zero attached hydrogens (tertiary/aromatic N) is 2. The van der Waals surface area contributed by atoms with Gasteiger partial charge in [-0.25, -0.2) is 0 Å². The predicted molar refractivity (Wildman–Crippen MR) is 59.9 cm³/mol. The van der Waals surface area contributed by atoms with Gasteiger partial charge in [0, 0.05) is 19.8 Å². The molecule has 0 bridgehead atoms. The van der Waals surface area contributed by atoms with Crippen molar-refractivity contribution in [3.8, 4) is 0 Å². The molecular weight excluding hydrogens is 174 g/mol. The number of hydrogen-bond acceptors (Lipinski definition) is 2. The van der Waals surface area contributed by atoms with Crippen molar-refractivity contribution in [1.29, 1.82) is 0 Å². The first-order valence-corrected chi connectivity index (χ1v) is 4.98. The zero-order chi connectivity index (χ0) is 10.6. The molecule has 1 N–H and O–H groups in total. The molecular formula is C11H19N3. The fourth-order valence-corrected chi connectivity index (χ4v) is 1.34. The van der Waals surface area contributed by atoms with E-state index in [0.717, 1.165) is 12.2 Å². The van der Waals surface area contributed by atoms with E-state index >= 15 is 0 Å². The van der Waals surface area contributed by atoms with Crippen molar-refractivity contribution < 1.29 is 0 Å².